The van der Waals surface area contributed by atoms with Gasteiger partial charge in [-0.25, -0.2) is 0 Å². The van der Waals surface area contributed by atoms with Gasteiger partial charge in [-0.15, -0.1) is 11.8 Å². The van der Waals surface area contributed by atoms with Crippen LogP contribution in [0.3, 0.4) is 0 Å². The zero-order valence-electron chi connectivity index (χ0n) is 10.6. The minimum absolute atomic E-state index is 1.10. The third-order valence-corrected chi connectivity index (χ3v) is 4.23. The van der Waals surface area contributed by atoms with Crippen molar-refractivity contribution in [3.05, 3.63) is 29.8 Å². The number of hydrogen-bond donors (Lipinski definition) is 1. The van der Waals surface area contributed by atoms with E-state index in [1.54, 1.807) is 0 Å². The molecule has 0 unspecified atom stereocenters. The second-order valence-corrected chi connectivity index (χ2v) is 5.69. The first-order valence-electron chi connectivity index (χ1n) is 6.53. The first-order valence-corrected chi connectivity index (χ1v) is 7.52. The lowest BCUT2D eigenvalue weighted by molar-refractivity contribution is 0.233. The van der Waals surface area contributed by atoms with Crippen molar-refractivity contribution in [2.24, 2.45) is 0 Å². The normalized spacial score (nSPS) is 17.2. The molecule has 0 spiro atoms. The second-order valence-electron chi connectivity index (χ2n) is 4.52. The number of nitrogens with one attached hydrogen (secondary N) is 1. The van der Waals surface area contributed by atoms with Crippen LogP contribution in [0.2, 0.25) is 0 Å². The average Bonchev–Trinajstić information content (AvgIpc) is 2.39. The van der Waals surface area contributed by atoms with Gasteiger partial charge >= 0.3 is 0 Å². The Kier molecular flexibility index (Phi) is 5.36. The molecular formula is C14H22N2S. The van der Waals surface area contributed by atoms with E-state index >= 15 is 0 Å². The highest BCUT2D eigenvalue weighted by atomic mass is 32.2. The van der Waals surface area contributed by atoms with Gasteiger partial charge in [0.2, 0.25) is 0 Å². The Hall–Kier alpha value is -0.510. The Morgan fingerprint density at radius 2 is 1.88 bits per heavy atom. The van der Waals surface area contributed by atoms with Crippen LogP contribution in [0.25, 0.3) is 0 Å². The van der Waals surface area contributed by atoms with Crippen molar-refractivity contribution in [1.82, 2.24) is 10.2 Å². The summed E-state index contributed by atoms with van der Waals surface area (Å²) in [5, 5.41) is 3.39. The van der Waals surface area contributed by atoms with E-state index in [1.807, 2.05) is 11.8 Å². The van der Waals surface area contributed by atoms with Gasteiger partial charge in [-0.05, 0) is 29.9 Å². The topological polar surface area (TPSA) is 15.3 Å². The fourth-order valence-electron chi connectivity index (χ4n) is 2.04. The average molecular weight is 250 g/mol. The maximum atomic E-state index is 3.39. The van der Waals surface area contributed by atoms with Crippen LogP contribution in [0.5, 0.6) is 0 Å². The summed E-state index contributed by atoms with van der Waals surface area (Å²) in [6.07, 6.45) is 1.24. The summed E-state index contributed by atoms with van der Waals surface area (Å²) in [5.41, 5.74) is 1.44. The largest absolute Gasteiger partial charge is 0.314 e. The predicted octanol–water partition coefficient (Wildman–Crippen LogP) is 2.59. The van der Waals surface area contributed by atoms with E-state index in [-0.39, 0.29) is 0 Å². The smallest absolute Gasteiger partial charge is 0.0234 e. The molecule has 3 heteroatoms. The Morgan fingerprint density at radius 3 is 2.53 bits per heavy atom. The molecule has 0 aromatic heterocycles. The molecule has 0 atom stereocenters. The molecule has 1 fully saturated rings. The van der Waals surface area contributed by atoms with Gasteiger partial charge in [0, 0.05) is 37.6 Å². The van der Waals surface area contributed by atoms with E-state index in [9.17, 15) is 0 Å². The molecule has 0 saturated carbocycles. The summed E-state index contributed by atoms with van der Waals surface area (Å²) in [5.74, 6) is 1.22. The number of benzene rings is 1. The monoisotopic (exact) mass is 250 g/mol. The maximum Gasteiger partial charge on any atom is 0.0234 e. The molecule has 1 aliphatic rings. The number of rotatable bonds is 5. The maximum absolute atomic E-state index is 3.39. The molecule has 0 radical (unpaired) electrons. The fraction of sp³-hybridized carbons (Fsp3) is 0.571. The number of hydrogen-bond acceptors (Lipinski definition) is 3. The first-order chi connectivity index (χ1) is 8.38. The van der Waals surface area contributed by atoms with Crippen molar-refractivity contribution < 1.29 is 0 Å². The highest BCUT2D eigenvalue weighted by Crippen LogP contribution is 2.19. The van der Waals surface area contributed by atoms with Crippen molar-refractivity contribution >= 4 is 11.8 Å². The van der Waals surface area contributed by atoms with Crippen molar-refractivity contribution in [3.63, 3.8) is 0 Å². The summed E-state index contributed by atoms with van der Waals surface area (Å²) in [6.45, 7) is 7.93. The van der Waals surface area contributed by atoms with Crippen molar-refractivity contribution in [2.45, 2.75) is 24.8 Å². The zero-order valence-corrected chi connectivity index (χ0v) is 11.4. The van der Waals surface area contributed by atoms with Gasteiger partial charge in [-0.3, -0.25) is 4.90 Å². The molecule has 1 aromatic carbocycles. The molecule has 94 valence electrons. The molecule has 2 nitrogen and oxygen atoms in total. The SMILES string of the molecule is CCCSc1ccc(CN2CCNCC2)cc1. The van der Waals surface area contributed by atoms with Gasteiger partial charge in [0.1, 0.15) is 0 Å². The van der Waals surface area contributed by atoms with Crippen LogP contribution < -0.4 is 5.32 Å². The lowest BCUT2D eigenvalue weighted by atomic mass is 10.2. The van der Waals surface area contributed by atoms with Crippen LogP contribution in [0.4, 0.5) is 0 Å². The molecule has 2 rings (SSSR count). The number of thioether (sulfide) groups is 1. The molecular weight excluding hydrogens is 228 g/mol. The Bertz CT molecular complexity index is 317. The highest BCUT2D eigenvalue weighted by molar-refractivity contribution is 7.99. The Morgan fingerprint density at radius 1 is 1.18 bits per heavy atom. The van der Waals surface area contributed by atoms with Crippen LogP contribution in [0.1, 0.15) is 18.9 Å². The minimum Gasteiger partial charge on any atom is -0.314 e. The van der Waals surface area contributed by atoms with Crippen LogP contribution in [-0.4, -0.2) is 36.8 Å². The molecule has 1 saturated heterocycles. The molecule has 0 amide bonds. The summed E-state index contributed by atoms with van der Waals surface area (Å²) in [7, 11) is 0. The first kappa shape index (κ1) is 12.9. The van der Waals surface area contributed by atoms with Gasteiger partial charge < -0.3 is 5.32 Å². The molecule has 1 aromatic rings. The van der Waals surface area contributed by atoms with E-state index in [2.05, 4.69) is 41.4 Å². The second kappa shape index (κ2) is 7.04. The Balaban J connectivity index is 1.84. The fourth-order valence-corrected chi connectivity index (χ4v) is 2.81. The predicted molar refractivity (Wildman–Crippen MR) is 75.6 cm³/mol. The van der Waals surface area contributed by atoms with Gasteiger partial charge in [-0.1, -0.05) is 19.1 Å². The summed E-state index contributed by atoms with van der Waals surface area (Å²) >= 11 is 1.95. The van der Waals surface area contributed by atoms with Gasteiger partial charge in [0.15, 0.2) is 0 Å². The van der Waals surface area contributed by atoms with Crippen LogP contribution >= 0.6 is 11.8 Å². The third kappa shape index (κ3) is 4.34. The lowest BCUT2D eigenvalue weighted by Gasteiger charge is -2.27. The van der Waals surface area contributed by atoms with Crippen molar-refractivity contribution in [1.29, 1.82) is 0 Å². The van der Waals surface area contributed by atoms with Crippen molar-refractivity contribution in [3.8, 4) is 0 Å². The molecule has 0 aliphatic carbocycles. The summed E-state index contributed by atoms with van der Waals surface area (Å²) < 4.78 is 0. The third-order valence-electron chi connectivity index (χ3n) is 3.01. The number of nitrogens with zero attached hydrogens (tertiary/aromatic N) is 1. The van der Waals surface area contributed by atoms with Gasteiger partial charge in [-0.2, -0.15) is 0 Å². The standard InChI is InChI=1S/C14H22N2S/c1-2-11-17-14-5-3-13(4-6-14)12-16-9-7-15-8-10-16/h3-6,15H,2,7-12H2,1H3. The zero-order chi connectivity index (χ0) is 11.9. The minimum atomic E-state index is 1.10. The van der Waals surface area contributed by atoms with E-state index in [0.717, 1.165) is 19.6 Å². The van der Waals surface area contributed by atoms with Gasteiger partial charge in [0.25, 0.3) is 0 Å². The molecule has 1 aliphatic heterocycles. The molecule has 1 heterocycles. The molecule has 0 bridgehead atoms. The molecule has 17 heavy (non-hydrogen) atoms. The summed E-state index contributed by atoms with van der Waals surface area (Å²) in [4.78, 5) is 3.92. The van der Waals surface area contributed by atoms with Gasteiger partial charge in [0.05, 0.1) is 0 Å². The quantitative estimate of drug-likeness (QED) is 0.809. The summed E-state index contributed by atoms with van der Waals surface area (Å²) in [6, 6.07) is 9.08. The van der Waals surface area contributed by atoms with Crippen LogP contribution in [0, 0.1) is 0 Å². The van der Waals surface area contributed by atoms with E-state index < -0.39 is 0 Å². The van der Waals surface area contributed by atoms with Crippen LogP contribution in [0.15, 0.2) is 29.2 Å². The van der Waals surface area contributed by atoms with Crippen molar-refractivity contribution in [2.75, 3.05) is 31.9 Å². The number of piperazine rings is 1. The van der Waals surface area contributed by atoms with Crippen LogP contribution in [-0.2, 0) is 6.54 Å². The van der Waals surface area contributed by atoms with E-state index in [1.165, 1.54) is 35.7 Å². The Labute approximate surface area is 109 Å². The highest BCUT2D eigenvalue weighted by Gasteiger charge is 2.09. The van der Waals surface area contributed by atoms with E-state index in [4.69, 9.17) is 0 Å². The lowest BCUT2D eigenvalue weighted by Crippen LogP contribution is -2.42. The molecule has 1 N–H and O–H groups in total. The van der Waals surface area contributed by atoms with E-state index in [0.29, 0.717) is 0 Å².